The topological polar surface area (TPSA) is 43.4 Å². The Labute approximate surface area is 82.1 Å². The van der Waals surface area contributed by atoms with Crippen molar-refractivity contribution < 1.29 is 14.3 Å². The van der Waals surface area contributed by atoms with Crippen molar-refractivity contribution >= 4 is 11.9 Å². The van der Waals surface area contributed by atoms with Gasteiger partial charge in [0.25, 0.3) is 0 Å². The lowest BCUT2D eigenvalue weighted by Gasteiger charge is -2.29. The predicted molar refractivity (Wildman–Crippen MR) is 48.1 cm³/mol. The number of fused-ring (bicyclic) bond motifs is 5. The van der Waals surface area contributed by atoms with Crippen LogP contribution in [-0.4, -0.2) is 11.9 Å². The lowest BCUT2D eigenvalue weighted by Crippen LogP contribution is -2.37. The molecule has 2 bridgehead atoms. The molecule has 0 aromatic rings. The number of rotatable bonds is 1. The Kier molecular flexibility index (Phi) is 1.33. The molecule has 14 heavy (non-hydrogen) atoms. The Morgan fingerprint density at radius 2 is 2.29 bits per heavy atom. The van der Waals surface area contributed by atoms with Gasteiger partial charge in [0.05, 0.1) is 11.3 Å². The molecule has 1 aliphatic heterocycles. The molecule has 0 radical (unpaired) electrons. The Morgan fingerprint density at radius 3 is 2.93 bits per heavy atom. The Bertz CT molecular complexity index is 358. The summed E-state index contributed by atoms with van der Waals surface area (Å²) < 4.78 is 4.79. The third-order valence-electron chi connectivity index (χ3n) is 4.17. The SMILES string of the molecule is CCC12C(=O)OC(=O)C1C1C=CC2C1. The number of ether oxygens (including phenoxy) is 1. The van der Waals surface area contributed by atoms with Crippen LogP contribution in [0, 0.1) is 23.2 Å². The molecular formula is C11H12O3. The summed E-state index contributed by atoms with van der Waals surface area (Å²) >= 11 is 0. The third kappa shape index (κ3) is 0.636. The summed E-state index contributed by atoms with van der Waals surface area (Å²) in [6.07, 6.45) is 5.83. The molecule has 4 atom stereocenters. The highest BCUT2D eigenvalue weighted by Gasteiger charge is 2.67. The van der Waals surface area contributed by atoms with Crippen molar-refractivity contribution in [1.29, 1.82) is 0 Å². The minimum Gasteiger partial charge on any atom is -0.392 e. The fourth-order valence-corrected chi connectivity index (χ4v) is 3.51. The number of carbonyl (C=O) groups is 2. The van der Waals surface area contributed by atoms with Crippen LogP contribution in [0.1, 0.15) is 19.8 Å². The minimum absolute atomic E-state index is 0.185. The van der Waals surface area contributed by atoms with Gasteiger partial charge in [-0.05, 0) is 24.7 Å². The van der Waals surface area contributed by atoms with Gasteiger partial charge in [0, 0.05) is 0 Å². The van der Waals surface area contributed by atoms with Crippen LogP contribution in [0.5, 0.6) is 0 Å². The molecule has 3 aliphatic rings. The standard InChI is InChI=1S/C11H12O3/c1-2-11-7-4-3-6(5-7)8(11)9(12)14-10(11)13/h3-4,6-8H,2,5H2,1H3. The van der Waals surface area contributed by atoms with Crippen LogP contribution in [0.25, 0.3) is 0 Å². The van der Waals surface area contributed by atoms with Crippen molar-refractivity contribution in [3.05, 3.63) is 12.2 Å². The second-order valence-electron chi connectivity index (χ2n) is 4.47. The van der Waals surface area contributed by atoms with E-state index in [1.165, 1.54) is 0 Å². The van der Waals surface area contributed by atoms with Crippen molar-refractivity contribution in [3.63, 3.8) is 0 Å². The smallest absolute Gasteiger partial charge is 0.321 e. The molecule has 0 aromatic heterocycles. The maximum atomic E-state index is 11.7. The van der Waals surface area contributed by atoms with Gasteiger partial charge >= 0.3 is 11.9 Å². The first-order valence-electron chi connectivity index (χ1n) is 5.14. The Morgan fingerprint density at radius 1 is 1.50 bits per heavy atom. The summed E-state index contributed by atoms with van der Waals surface area (Å²) in [5.41, 5.74) is -0.503. The van der Waals surface area contributed by atoms with Gasteiger partial charge in [0.1, 0.15) is 0 Å². The van der Waals surface area contributed by atoms with E-state index < -0.39 is 5.41 Å². The highest BCUT2D eigenvalue weighted by Crippen LogP contribution is 2.61. The fraction of sp³-hybridized carbons (Fsp3) is 0.636. The van der Waals surface area contributed by atoms with E-state index in [-0.39, 0.29) is 29.7 Å². The molecule has 74 valence electrons. The number of cyclic esters (lactones) is 2. The molecule has 0 aromatic carbocycles. The van der Waals surface area contributed by atoms with Gasteiger partial charge in [-0.3, -0.25) is 9.59 Å². The summed E-state index contributed by atoms with van der Waals surface area (Å²) in [5.74, 6) is -0.282. The van der Waals surface area contributed by atoms with Crippen molar-refractivity contribution in [3.8, 4) is 0 Å². The first-order valence-corrected chi connectivity index (χ1v) is 5.14. The first kappa shape index (κ1) is 8.21. The molecule has 1 heterocycles. The largest absolute Gasteiger partial charge is 0.392 e. The zero-order chi connectivity index (χ0) is 9.92. The maximum Gasteiger partial charge on any atom is 0.321 e. The Hall–Kier alpha value is -1.12. The lowest BCUT2D eigenvalue weighted by atomic mass is 9.68. The van der Waals surface area contributed by atoms with Gasteiger partial charge < -0.3 is 4.74 Å². The van der Waals surface area contributed by atoms with E-state index in [1.54, 1.807) is 0 Å². The van der Waals surface area contributed by atoms with Gasteiger partial charge in [-0.15, -0.1) is 0 Å². The molecule has 3 heteroatoms. The van der Waals surface area contributed by atoms with Gasteiger partial charge in [0.2, 0.25) is 0 Å². The number of allylic oxidation sites excluding steroid dienone is 2. The van der Waals surface area contributed by atoms with Crippen LogP contribution in [-0.2, 0) is 14.3 Å². The highest BCUT2D eigenvalue weighted by atomic mass is 16.6. The monoisotopic (exact) mass is 192 g/mol. The third-order valence-corrected chi connectivity index (χ3v) is 4.17. The van der Waals surface area contributed by atoms with E-state index in [9.17, 15) is 9.59 Å². The van der Waals surface area contributed by atoms with Gasteiger partial charge in [-0.2, -0.15) is 0 Å². The molecule has 2 fully saturated rings. The molecule has 1 saturated carbocycles. The summed E-state index contributed by atoms with van der Waals surface area (Å²) in [5, 5.41) is 0. The van der Waals surface area contributed by atoms with Gasteiger partial charge in [-0.25, -0.2) is 0 Å². The lowest BCUT2D eigenvalue weighted by molar-refractivity contribution is -0.156. The van der Waals surface area contributed by atoms with Crippen molar-refractivity contribution in [1.82, 2.24) is 0 Å². The number of carbonyl (C=O) groups excluding carboxylic acids is 2. The van der Waals surface area contributed by atoms with E-state index in [0.717, 1.165) is 6.42 Å². The quantitative estimate of drug-likeness (QED) is 0.357. The average molecular weight is 192 g/mol. The van der Waals surface area contributed by atoms with E-state index in [2.05, 4.69) is 12.2 Å². The summed E-state index contributed by atoms with van der Waals surface area (Å²) in [7, 11) is 0. The highest BCUT2D eigenvalue weighted by molar-refractivity contribution is 6.00. The minimum atomic E-state index is -0.503. The van der Waals surface area contributed by atoms with E-state index >= 15 is 0 Å². The van der Waals surface area contributed by atoms with Crippen molar-refractivity contribution in [2.24, 2.45) is 23.2 Å². The molecule has 0 N–H and O–H groups in total. The van der Waals surface area contributed by atoms with Crippen LogP contribution in [0.2, 0.25) is 0 Å². The molecule has 3 nitrogen and oxygen atoms in total. The fourth-order valence-electron chi connectivity index (χ4n) is 3.51. The van der Waals surface area contributed by atoms with Crippen LogP contribution in [0.3, 0.4) is 0 Å². The van der Waals surface area contributed by atoms with Crippen LogP contribution >= 0.6 is 0 Å². The van der Waals surface area contributed by atoms with Gasteiger partial charge in [-0.1, -0.05) is 19.1 Å². The predicted octanol–water partition coefficient (Wildman–Crippen LogP) is 1.29. The molecular weight excluding hydrogens is 180 g/mol. The summed E-state index contributed by atoms with van der Waals surface area (Å²) in [4.78, 5) is 23.3. The second kappa shape index (κ2) is 2.27. The van der Waals surface area contributed by atoms with E-state index in [0.29, 0.717) is 6.42 Å². The van der Waals surface area contributed by atoms with Crippen molar-refractivity contribution in [2.75, 3.05) is 0 Å². The second-order valence-corrected chi connectivity index (χ2v) is 4.47. The van der Waals surface area contributed by atoms with E-state index in [1.807, 2.05) is 6.92 Å². The zero-order valence-corrected chi connectivity index (χ0v) is 8.03. The van der Waals surface area contributed by atoms with E-state index in [4.69, 9.17) is 4.74 Å². The first-order chi connectivity index (χ1) is 6.70. The van der Waals surface area contributed by atoms with Crippen LogP contribution in [0.4, 0.5) is 0 Å². The number of hydrogen-bond donors (Lipinski definition) is 0. The van der Waals surface area contributed by atoms with Crippen LogP contribution < -0.4 is 0 Å². The van der Waals surface area contributed by atoms with Gasteiger partial charge in [0.15, 0.2) is 0 Å². The molecule has 4 unspecified atom stereocenters. The normalized spacial score (nSPS) is 48.5. The number of hydrogen-bond acceptors (Lipinski definition) is 3. The van der Waals surface area contributed by atoms with Crippen LogP contribution in [0.15, 0.2) is 12.2 Å². The molecule has 2 aliphatic carbocycles. The molecule has 0 spiro atoms. The molecule has 3 rings (SSSR count). The summed E-state index contributed by atoms with van der Waals surface area (Å²) in [6.45, 7) is 1.97. The number of esters is 2. The maximum absolute atomic E-state index is 11.7. The van der Waals surface area contributed by atoms with Crippen molar-refractivity contribution in [2.45, 2.75) is 19.8 Å². The summed E-state index contributed by atoms with van der Waals surface area (Å²) in [6, 6.07) is 0. The Balaban J connectivity index is 2.16. The average Bonchev–Trinajstić information content (AvgIpc) is 2.78. The zero-order valence-electron chi connectivity index (χ0n) is 8.03. The molecule has 0 amide bonds. The molecule has 1 saturated heterocycles.